The molecule has 2 heterocycles. The minimum Gasteiger partial charge on any atom is -0.301 e. The summed E-state index contributed by atoms with van der Waals surface area (Å²) in [5.74, 6) is 0. The molecule has 3 heteroatoms. The molecule has 2 rings (SSSR count). The quantitative estimate of drug-likeness (QED) is 0.653. The monoisotopic (exact) mass is 193 g/mol. The molecule has 2 aliphatic rings. The van der Waals surface area contributed by atoms with Crippen molar-refractivity contribution >= 4 is 0 Å². The Labute approximate surface area is 86.3 Å². The first kappa shape index (κ1) is 9.95. The van der Waals surface area contributed by atoms with Crippen molar-refractivity contribution in [2.45, 2.75) is 32.4 Å². The van der Waals surface area contributed by atoms with Crippen molar-refractivity contribution in [1.82, 2.24) is 9.80 Å². The molecule has 0 N–H and O–H groups in total. The summed E-state index contributed by atoms with van der Waals surface area (Å²) in [6, 6.07) is 3.48. The van der Waals surface area contributed by atoms with Crippen LogP contribution in [0.25, 0.3) is 0 Å². The van der Waals surface area contributed by atoms with Gasteiger partial charge in [-0.3, -0.25) is 4.90 Å². The molecule has 2 saturated heterocycles. The zero-order chi connectivity index (χ0) is 10.3. The first-order valence-electron chi connectivity index (χ1n) is 5.40. The van der Waals surface area contributed by atoms with E-state index in [9.17, 15) is 0 Å². The number of nitrogens with zero attached hydrogens (tertiary/aromatic N) is 3. The summed E-state index contributed by atoms with van der Waals surface area (Å²) in [5, 5.41) is 8.76. The Kier molecular flexibility index (Phi) is 2.29. The molecule has 0 amide bonds. The molecule has 2 aliphatic heterocycles. The number of nitriles is 1. The molecular weight excluding hydrogens is 174 g/mol. The number of hydrogen-bond acceptors (Lipinski definition) is 3. The van der Waals surface area contributed by atoms with Crippen LogP contribution in [0, 0.1) is 16.7 Å². The average Bonchev–Trinajstić information content (AvgIpc) is 2.05. The van der Waals surface area contributed by atoms with Crippen molar-refractivity contribution in [1.29, 1.82) is 5.26 Å². The van der Waals surface area contributed by atoms with Gasteiger partial charge in [0.1, 0.15) is 0 Å². The van der Waals surface area contributed by atoms with E-state index in [1.165, 1.54) is 19.6 Å². The molecule has 0 aromatic rings. The second-order valence-corrected chi connectivity index (χ2v) is 5.15. The van der Waals surface area contributed by atoms with Crippen LogP contribution in [0.3, 0.4) is 0 Å². The van der Waals surface area contributed by atoms with Gasteiger partial charge in [-0.15, -0.1) is 0 Å². The van der Waals surface area contributed by atoms with Gasteiger partial charge in [-0.25, -0.2) is 0 Å². The SMILES string of the molecule is CC(C)N1CC2(CN(C)C2CC#N)C1. The average molecular weight is 193 g/mol. The summed E-state index contributed by atoms with van der Waals surface area (Å²) in [7, 11) is 2.13. The maximum atomic E-state index is 8.76. The van der Waals surface area contributed by atoms with Gasteiger partial charge in [0.15, 0.2) is 0 Å². The first-order chi connectivity index (χ1) is 6.59. The van der Waals surface area contributed by atoms with Crippen molar-refractivity contribution in [3.05, 3.63) is 0 Å². The van der Waals surface area contributed by atoms with Gasteiger partial charge in [0.05, 0.1) is 12.5 Å². The van der Waals surface area contributed by atoms with E-state index in [1.807, 2.05) is 0 Å². The van der Waals surface area contributed by atoms with Crippen LogP contribution in [0.2, 0.25) is 0 Å². The third kappa shape index (κ3) is 1.25. The second kappa shape index (κ2) is 3.22. The fourth-order valence-electron chi connectivity index (χ4n) is 2.96. The molecule has 1 unspecified atom stereocenters. The third-order valence-corrected chi connectivity index (χ3v) is 3.85. The van der Waals surface area contributed by atoms with Gasteiger partial charge in [0, 0.05) is 37.1 Å². The van der Waals surface area contributed by atoms with Crippen LogP contribution in [0.4, 0.5) is 0 Å². The largest absolute Gasteiger partial charge is 0.301 e. The van der Waals surface area contributed by atoms with E-state index >= 15 is 0 Å². The van der Waals surface area contributed by atoms with E-state index < -0.39 is 0 Å². The summed E-state index contributed by atoms with van der Waals surface area (Å²) in [4.78, 5) is 4.82. The van der Waals surface area contributed by atoms with Gasteiger partial charge in [-0.05, 0) is 20.9 Å². The lowest BCUT2D eigenvalue weighted by atomic mass is 9.64. The van der Waals surface area contributed by atoms with Gasteiger partial charge < -0.3 is 4.90 Å². The van der Waals surface area contributed by atoms with Gasteiger partial charge in [0.2, 0.25) is 0 Å². The molecule has 2 fully saturated rings. The van der Waals surface area contributed by atoms with E-state index in [2.05, 4.69) is 36.8 Å². The molecule has 78 valence electrons. The Hall–Kier alpha value is -0.590. The minimum absolute atomic E-state index is 0.467. The standard InChI is InChI=1S/C11H19N3/c1-9(2)14-7-11(8-14)6-13(3)10(11)4-5-12/h9-10H,4,6-8H2,1-3H3. The molecule has 0 saturated carbocycles. The summed E-state index contributed by atoms with van der Waals surface area (Å²) < 4.78 is 0. The van der Waals surface area contributed by atoms with Crippen LogP contribution < -0.4 is 0 Å². The maximum Gasteiger partial charge on any atom is 0.0638 e. The lowest BCUT2D eigenvalue weighted by Gasteiger charge is -2.65. The first-order valence-corrected chi connectivity index (χ1v) is 5.40. The fraction of sp³-hybridized carbons (Fsp3) is 0.909. The molecule has 0 radical (unpaired) electrons. The molecule has 0 aromatic carbocycles. The molecule has 0 aliphatic carbocycles. The van der Waals surface area contributed by atoms with Gasteiger partial charge in [-0.2, -0.15) is 5.26 Å². The van der Waals surface area contributed by atoms with Crippen LogP contribution in [0.5, 0.6) is 0 Å². The number of hydrogen-bond donors (Lipinski definition) is 0. The van der Waals surface area contributed by atoms with Crippen molar-refractivity contribution in [3.63, 3.8) is 0 Å². The summed E-state index contributed by atoms with van der Waals surface area (Å²) in [5.41, 5.74) is 0.467. The topological polar surface area (TPSA) is 30.3 Å². The van der Waals surface area contributed by atoms with E-state index in [0.717, 1.165) is 0 Å². The predicted molar refractivity (Wildman–Crippen MR) is 55.8 cm³/mol. The van der Waals surface area contributed by atoms with Crippen LogP contribution in [0.1, 0.15) is 20.3 Å². The van der Waals surface area contributed by atoms with E-state index in [4.69, 9.17) is 5.26 Å². The van der Waals surface area contributed by atoms with Crippen LogP contribution >= 0.6 is 0 Å². The Morgan fingerprint density at radius 1 is 1.43 bits per heavy atom. The van der Waals surface area contributed by atoms with Crippen LogP contribution in [-0.4, -0.2) is 48.6 Å². The third-order valence-electron chi connectivity index (χ3n) is 3.85. The Bertz CT molecular complexity index is 260. The summed E-state index contributed by atoms with van der Waals surface area (Å²) >= 11 is 0. The van der Waals surface area contributed by atoms with E-state index in [0.29, 0.717) is 23.9 Å². The fourth-order valence-corrected chi connectivity index (χ4v) is 2.96. The van der Waals surface area contributed by atoms with Gasteiger partial charge >= 0.3 is 0 Å². The molecule has 0 aromatic heterocycles. The van der Waals surface area contributed by atoms with Gasteiger partial charge in [-0.1, -0.05) is 0 Å². The second-order valence-electron chi connectivity index (χ2n) is 5.15. The highest BCUT2D eigenvalue weighted by molar-refractivity contribution is 5.13. The lowest BCUT2D eigenvalue weighted by molar-refractivity contribution is -0.161. The molecule has 1 spiro atoms. The van der Waals surface area contributed by atoms with Crippen molar-refractivity contribution in [2.24, 2.45) is 5.41 Å². The molecule has 14 heavy (non-hydrogen) atoms. The van der Waals surface area contributed by atoms with E-state index in [-0.39, 0.29) is 0 Å². The van der Waals surface area contributed by atoms with Crippen molar-refractivity contribution < 1.29 is 0 Å². The molecule has 1 atom stereocenters. The van der Waals surface area contributed by atoms with Crippen molar-refractivity contribution in [3.8, 4) is 6.07 Å². The smallest absolute Gasteiger partial charge is 0.0638 e. The Balaban J connectivity index is 1.92. The summed E-state index contributed by atoms with van der Waals surface area (Å²) in [6.45, 7) is 8.06. The highest BCUT2D eigenvalue weighted by Crippen LogP contribution is 2.46. The zero-order valence-corrected chi connectivity index (χ0v) is 9.32. The van der Waals surface area contributed by atoms with Crippen molar-refractivity contribution in [2.75, 3.05) is 26.7 Å². The van der Waals surface area contributed by atoms with E-state index in [1.54, 1.807) is 0 Å². The normalized spacial score (nSPS) is 31.2. The molecule has 0 bridgehead atoms. The van der Waals surface area contributed by atoms with Crippen LogP contribution in [0.15, 0.2) is 0 Å². The minimum atomic E-state index is 0.467. The van der Waals surface area contributed by atoms with Crippen LogP contribution in [-0.2, 0) is 0 Å². The Morgan fingerprint density at radius 2 is 2.07 bits per heavy atom. The summed E-state index contributed by atoms with van der Waals surface area (Å²) in [6.07, 6.45) is 0.697. The number of likely N-dealkylation sites (tertiary alicyclic amines) is 2. The highest BCUT2D eigenvalue weighted by Gasteiger charge is 2.57. The lowest BCUT2D eigenvalue weighted by Crippen LogP contribution is -2.77. The maximum absolute atomic E-state index is 8.76. The predicted octanol–water partition coefficient (Wildman–Crippen LogP) is 0.924. The zero-order valence-electron chi connectivity index (χ0n) is 9.32. The van der Waals surface area contributed by atoms with Gasteiger partial charge in [0.25, 0.3) is 0 Å². The molecular formula is C11H19N3. The Morgan fingerprint density at radius 3 is 2.50 bits per heavy atom. The number of rotatable bonds is 2. The molecule has 3 nitrogen and oxygen atoms in total. The highest BCUT2D eigenvalue weighted by atomic mass is 15.3.